The first kappa shape index (κ1) is 23.5. The average Bonchev–Trinajstić information content (AvgIpc) is 2.86. The van der Waals surface area contributed by atoms with E-state index in [9.17, 15) is 9.59 Å². The van der Waals surface area contributed by atoms with E-state index in [0.717, 1.165) is 17.5 Å². The molecular formula is C26H26N2O5. The Morgan fingerprint density at radius 2 is 1.64 bits per heavy atom. The third-order valence-corrected chi connectivity index (χ3v) is 4.45. The van der Waals surface area contributed by atoms with Crippen LogP contribution in [0, 0.1) is 0 Å². The number of rotatable bonds is 11. The second-order valence-electron chi connectivity index (χ2n) is 7.05. The van der Waals surface area contributed by atoms with Gasteiger partial charge in [-0.3, -0.25) is 4.79 Å². The molecule has 0 heterocycles. The number of nitrogens with one attached hydrogen (secondary N) is 1. The Hall–Kier alpha value is -4.13. The number of carbonyl (C=O) groups is 2. The molecule has 3 aromatic carbocycles. The minimum absolute atomic E-state index is 0.219. The van der Waals surface area contributed by atoms with Gasteiger partial charge in [0, 0.05) is 5.56 Å². The first-order chi connectivity index (χ1) is 16.2. The van der Waals surface area contributed by atoms with Crippen molar-refractivity contribution < 1.29 is 23.8 Å². The lowest BCUT2D eigenvalue weighted by atomic mass is 10.2. The Bertz CT molecular complexity index is 1070. The van der Waals surface area contributed by atoms with E-state index in [1.807, 2.05) is 61.5 Å². The standard InChI is InChI=1S/C26H26N2O5/c1-2-16-31-26(30)21-12-14-23(15-13-21)32-19-25(29)28-27-17-22-10-6-7-11-24(22)33-18-20-8-4-3-5-9-20/h3-15,17H,2,16,18-19H2,1H3,(H,28,29)/b27-17+. The number of nitrogens with zero attached hydrogens (tertiary/aromatic N) is 1. The van der Waals surface area contributed by atoms with Gasteiger partial charge in [0.05, 0.1) is 18.4 Å². The number of hydrogen-bond acceptors (Lipinski definition) is 6. The Balaban J connectivity index is 1.46. The van der Waals surface area contributed by atoms with Gasteiger partial charge in [-0.25, -0.2) is 10.2 Å². The van der Waals surface area contributed by atoms with E-state index < -0.39 is 5.91 Å². The fourth-order valence-electron chi connectivity index (χ4n) is 2.77. The quantitative estimate of drug-likeness (QED) is 0.269. The highest BCUT2D eigenvalue weighted by molar-refractivity contribution is 5.89. The van der Waals surface area contributed by atoms with Gasteiger partial charge in [0.25, 0.3) is 5.91 Å². The smallest absolute Gasteiger partial charge is 0.338 e. The summed E-state index contributed by atoms with van der Waals surface area (Å²) in [6.45, 7) is 2.52. The fraction of sp³-hybridized carbons (Fsp3) is 0.192. The zero-order valence-corrected chi connectivity index (χ0v) is 18.4. The second kappa shape index (κ2) is 12.7. The summed E-state index contributed by atoms with van der Waals surface area (Å²) in [5.74, 6) is 0.317. The summed E-state index contributed by atoms with van der Waals surface area (Å²) in [5, 5.41) is 3.99. The molecule has 0 aliphatic carbocycles. The molecule has 0 aliphatic rings. The second-order valence-corrected chi connectivity index (χ2v) is 7.05. The molecule has 3 rings (SSSR count). The first-order valence-corrected chi connectivity index (χ1v) is 10.6. The number of amides is 1. The summed E-state index contributed by atoms with van der Waals surface area (Å²) < 4.78 is 16.4. The average molecular weight is 447 g/mol. The molecule has 7 nitrogen and oxygen atoms in total. The third kappa shape index (κ3) is 7.81. The molecule has 0 saturated carbocycles. The zero-order valence-electron chi connectivity index (χ0n) is 18.4. The Morgan fingerprint density at radius 1 is 0.909 bits per heavy atom. The number of esters is 1. The topological polar surface area (TPSA) is 86.2 Å². The number of hydrogen-bond donors (Lipinski definition) is 1. The van der Waals surface area contributed by atoms with Crippen LogP contribution in [0.15, 0.2) is 84.0 Å². The molecule has 1 N–H and O–H groups in total. The maximum atomic E-state index is 12.0. The van der Waals surface area contributed by atoms with Gasteiger partial charge in [0.1, 0.15) is 18.1 Å². The summed E-state index contributed by atoms with van der Waals surface area (Å²) in [6, 6.07) is 23.7. The molecule has 1 amide bonds. The summed E-state index contributed by atoms with van der Waals surface area (Å²) >= 11 is 0. The highest BCUT2D eigenvalue weighted by Gasteiger charge is 2.08. The summed E-state index contributed by atoms with van der Waals surface area (Å²) in [6.07, 6.45) is 2.28. The molecule has 0 unspecified atom stereocenters. The van der Waals surface area contributed by atoms with Crippen molar-refractivity contribution >= 4 is 18.1 Å². The van der Waals surface area contributed by atoms with Crippen LogP contribution < -0.4 is 14.9 Å². The highest BCUT2D eigenvalue weighted by Crippen LogP contribution is 2.17. The SMILES string of the molecule is CCCOC(=O)c1ccc(OCC(=O)N/N=C/c2ccccc2OCc2ccccc2)cc1. The lowest BCUT2D eigenvalue weighted by molar-refractivity contribution is -0.123. The van der Waals surface area contributed by atoms with E-state index >= 15 is 0 Å². The summed E-state index contributed by atoms with van der Waals surface area (Å²) in [4.78, 5) is 23.8. The maximum absolute atomic E-state index is 12.0. The van der Waals surface area contributed by atoms with Gasteiger partial charge in [0.15, 0.2) is 6.61 Å². The molecular weight excluding hydrogens is 420 g/mol. The van der Waals surface area contributed by atoms with Gasteiger partial charge in [-0.05, 0) is 48.4 Å². The van der Waals surface area contributed by atoms with Crippen LogP contribution in [0.5, 0.6) is 11.5 Å². The van der Waals surface area contributed by atoms with Crippen molar-refractivity contribution in [2.24, 2.45) is 5.10 Å². The van der Waals surface area contributed by atoms with Gasteiger partial charge in [-0.15, -0.1) is 0 Å². The number of benzene rings is 3. The van der Waals surface area contributed by atoms with E-state index in [1.165, 1.54) is 6.21 Å². The van der Waals surface area contributed by atoms with Crippen LogP contribution in [0.25, 0.3) is 0 Å². The lowest BCUT2D eigenvalue weighted by Gasteiger charge is -2.09. The molecule has 33 heavy (non-hydrogen) atoms. The fourth-order valence-corrected chi connectivity index (χ4v) is 2.77. The Morgan fingerprint density at radius 3 is 2.39 bits per heavy atom. The Labute approximate surface area is 193 Å². The summed E-state index contributed by atoms with van der Waals surface area (Å²) in [7, 11) is 0. The molecule has 0 fully saturated rings. The molecule has 0 aromatic heterocycles. The molecule has 0 saturated heterocycles. The van der Waals surface area contributed by atoms with Crippen molar-refractivity contribution in [3.05, 3.63) is 95.6 Å². The molecule has 0 spiro atoms. The van der Waals surface area contributed by atoms with Crippen LogP contribution in [-0.2, 0) is 16.1 Å². The monoisotopic (exact) mass is 446 g/mol. The van der Waals surface area contributed by atoms with Crippen LogP contribution in [0.3, 0.4) is 0 Å². The van der Waals surface area contributed by atoms with E-state index in [0.29, 0.717) is 30.3 Å². The van der Waals surface area contributed by atoms with Gasteiger partial charge in [0.2, 0.25) is 0 Å². The van der Waals surface area contributed by atoms with Crippen LogP contribution in [0.4, 0.5) is 0 Å². The van der Waals surface area contributed by atoms with Crippen molar-refractivity contribution in [3.8, 4) is 11.5 Å². The van der Waals surface area contributed by atoms with Crippen molar-refractivity contribution in [3.63, 3.8) is 0 Å². The first-order valence-electron chi connectivity index (χ1n) is 10.6. The van der Waals surface area contributed by atoms with E-state index in [4.69, 9.17) is 14.2 Å². The molecule has 7 heteroatoms. The van der Waals surface area contributed by atoms with Gasteiger partial charge in [-0.2, -0.15) is 5.10 Å². The van der Waals surface area contributed by atoms with Crippen molar-refractivity contribution in [2.45, 2.75) is 20.0 Å². The number of carbonyl (C=O) groups excluding carboxylic acids is 2. The van der Waals surface area contributed by atoms with Gasteiger partial charge in [-0.1, -0.05) is 49.4 Å². The van der Waals surface area contributed by atoms with E-state index in [2.05, 4.69) is 10.5 Å². The van der Waals surface area contributed by atoms with Crippen molar-refractivity contribution in [1.29, 1.82) is 0 Å². The molecule has 170 valence electrons. The predicted molar refractivity (Wildman–Crippen MR) is 125 cm³/mol. The van der Waals surface area contributed by atoms with Crippen LogP contribution in [-0.4, -0.2) is 31.3 Å². The van der Waals surface area contributed by atoms with Gasteiger partial charge >= 0.3 is 5.97 Å². The maximum Gasteiger partial charge on any atom is 0.338 e. The minimum atomic E-state index is -0.416. The molecule has 0 aliphatic heterocycles. The van der Waals surface area contributed by atoms with Crippen molar-refractivity contribution in [2.75, 3.05) is 13.2 Å². The molecule has 3 aromatic rings. The van der Waals surface area contributed by atoms with E-state index in [1.54, 1.807) is 24.3 Å². The molecule has 0 radical (unpaired) electrons. The molecule has 0 bridgehead atoms. The highest BCUT2D eigenvalue weighted by atomic mass is 16.5. The van der Waals surface area contributed by atoms with E-state index in [-0.39, 0.29) is 12.6 Å². The van der Waals surface area contributed by atoms with Crippen LogP contribution >= 0.6 is 0 Å². The predicted octanol–water partition coefficient (Wildman–Crippen LogP) is 4.36. The third-order valence-electron chi connectivity index (χ3n) is 4.45. The van der Waals surface area contributed by atoms with Crippen LogP contribution in [0.2, 0.25) is 0 Å². The minimum Gasteiger partial charge on any atom is -0.488 e. The van der Waals surface area contributed by atoms with Crippen molar-refractivity contribution in [1.82, 2.24) is 5.43 Å². The Kier molecular flexibility index (Phi) is 9.03. The van der Waals surface area contributed by atoms with Crippen LogP contribution in [0.1, 0.15) is 34.8 Å². The number of ether oxygens (including phenoxy) is 3. The van der Waals surface area contributed by atoms with Gasteiger partial charge < -0.3 is 14.2 Å². The largest absolute Gasteiger partial charge is 0.488 e. The molecule has 0 atom stereocenters. The number of para-hydroxylation sites is 1. The lowest BCUT2D eigenvalue weighted by Crippen LogP contribution is -2.24. The normalized spacial score (nSPS) is 10.6. The zero-order chi connectivity index (χ0) is 23.3. The summed E-state index contributed by atoms with van der Waals surface area (Å²) in [5.41, 5.74) is 4.65. The number of hydrazone groups is 1.